The van der Waals surface area contributed by atoms with Gasteiger partial charge >= 0.3 is 0 Å². The van der Waals surface area contributed by atoms with Crippen LogP contribution in [0.3, 0.4) is 0 Å². The summed E-state index contributed by atoms with van der Waals surface area (Å²) in [6.45, 7) is 1.91. The summed E-state index contributed by atoms with van der Waals surface area (Å²) < 4.78 is 6.39. The molecule has 4 aromatic rings. The predicted octanol–water partition coefficient (Wildman–Crippen LogP) is 3.64. The zero-order valence-electron chi connectivity index (χ0n) is 18.4. The Morgan fingerprint density at radius 1 is 0.941 bits per heavy atom. The van der Waals surface area contributed by atoms with Crippen molar-refractivity contribution in [2.75, 3.05) is 14.2 Å². The second kappa shape index (κ2) is 9.83. The summed E-state index contributed by atoms with van der Waals surface area (Å²) in [7, 11) is 2.51. The number of nitro groups is 2. The topological polar surface area (TPSA) is 158 Å². The number of benzene rings is 3. The van der Waals surface area contributed by atoms with Crippen molar-refractivity contribution in [3.63, 3.8) is 0 Å². The molecule has 0 saturated carbocycles. The molecule has 12 nitrogen and oxygen atoms in total. The van der Waals surface area contributed by atoms with Crippen LogP contribution in [0.2, 0.25) is 0 Å². The van der Waals surface area contributed by atoms with Crippen molar-refractivity contribution in [3.05, 3.63) is 91.9 Å². The van der Waals surface area contributed by atoms with Crippen LogP contribution in [0.1, 0.15) is 5.56 Å². The molecule has 0 spiro atoms. The first kappa shape index (κ1) is 23.9. The Morgan fingerprint density at radius 3 is 2.09 bits per heavy atom. The van der Waals surface area contributed by atoms with E-state index < -0.39 is 21.2 Å². The standard InChI is InChI=1S/C21H17N5O6.CH4O/c1-13-3-5-14(6-4-13)22-21-20-18(11-16(25(28)29)12-19(20)26(30)31)24(27)23(21)15-7-9-17(32-2)10-8-15;1-2/h3-12,27H,1-2H3;2H,1H3. The molecular weight excluding hydrogens is 446 g/mol. The number of aliphatic hydroxyl groups excluding tert-OH is 1. The minimum Gasteiger partial charge on any atom is -0.497 e. The molecule has 0 radical (unpaired) electrons. The lowest BCUT2D eigenvalue weighted by molar-refractivity contribution is -0.393. The Kier molecular flexibility index (Phi) is 6.92. The summed E-state index contributed by atoms with van der Waals surface area (Å²) in [6, 6.07) is 15.6. The zero-order valence-corrected chi connectivity index (χ0v) is 18.4. The predicted molar refractivity (Wildman–Crippen MR) is 123 cm³/mol. The molecule has 2 N–H and O–H groups in total. The summed E-state index contributed by atoms with van der Waals surface area (Å²) in [5.41, 5.74) is 0.727. The van der Waals surface area contributed by atoms with E-state index in [-0.39, 0.29) is 16.4 Å². The molecule has 3 aromatic carbocycles. The number of rotatable bonds is 5. The molecule has 0 aliphatic heterocycles. The second-order valence-corrected chi connectivity index (χ2v) is 6.94. The molecule has 0 aliphatic rings. The number of aliphatic hydroxyl groups is 1. The van der Waals surface area contributed by atoms with Crippen molar-refractivity contribution in [1.82, 2.24) is 9.53 Å². The lowest BCUT2D eigenvalue weighted by atomic mass is 10.2. The molecule has 0 saturated heterocycles. The highest BCUT2D eigenvalue weighted by Crippen LogP contribution is 2.30. The molecule has 0 unspecified atom stereocenters. The highest BCUT2D eigenvalue weighted by Gasteiger charge is 2.27. The second-order valence-electron chi connectivity index (χ2n) is 6.94. The van der Waals surface area contributed by atoms with E-state index >= 15 is 0 Å². The first-order valence-electron chi connectivity index (χ1n) is 9.80. The average Bonchev–Trinajstić information content (AvgIpc) is 3.12. The van der Waals surface area contributed by atoms with Crippen LogP contribution in [0.5, 0.6) is 5.75 Å². The Morgan fingerprint density at radius 2 is 1.56 bits per heavy atom. The van der Waals surface area contributed by atoms with Crippen LogP contribution in [-0.4, -0.2) is 43.9 Å². The van der Waals surface area contributed by atoms with Crippen molar-refractivity contribution in [1.29, 1.82) is 0 Å². The molecular formula is C22H21N5O7. The van der Waals surface area contributed by atoms with Gasteiger partial charge in [-0.15, -0.1) is 4.85 Å². The minimum atomic E-state index is -0.756. The number of non-ortho nitro benzene ring substituents is 2. The third-order valence-electron chi connectivity index (χ3n) is 4.90. The molecule has 1 heterocycles. The van der Waals surface area contributed by atoms with Crippen molar-refractivity contribution in [2.45, 2.75) is 6.92 Å². The van der Waals surface area contributed by atoms with Gasteiger partial charge in [0.1, 0.15) is 16.7 Å². The van der Waals surface area contributed by atoms with Crippen LogP contribution in [0.15, 0.2) is 65.7 Å². The SMILES string of the molecule is CO.COc1ccc(-n2c(=Nc3ccc(C)cc3)c3c([N+](=O)[O-])cc([N+](=O)[O-])cc3n2O)cc1. The van der Waals surface area contributed by atoms with Gasteiger partial charge in [0.05, 0.1) is 34.4 Å². The van der Waals surface area contributed by atoms with Gasteiger partial charge in [0, 0.05) is 13.2 Å². The molecule has 4 rings (SSSR count). The molecule has 0 bridgehead atoms. The van der Waals surface area contributed by atoms with Gasteiger partial charge in [-0.2, -0.15) is 0 Å². The zero-order chi connectivity index (χ0) is 25.0. The van der Waals surface area contributed by atoms with Crippen molar-refractivity contribution < 1.29 is 24.9 Å². The molecule has 0 amide bonds. The Bertz CT molecular complexity index is 1420. The van der Waals surface area contributed by atoms with Crippen LogP contribution in [0.4, 0.5) is 17.1 Å². The van der Waals surface area contributed by atoms with E-state index in [1.807, 2.05) is 19.1 Å². The fraction of sp³-hybridized carbons (Fsp3) is 0.136. The maximum atomic E-state index is 11.8. The third kappa shape index (κ3) is 4.42. The van der Waals surface area contributed by atoms with E-state index in [2.05, 4.69) is 4.99 Å². The average molecular weight is 467 g/mol. The first-order chi connectivity index (χ1) is 16.3. The third-order valence-corrected chi connectivity index (χ3v) is 4.90. The smallest absolute Gasteiger partial charge is 0.289 e. The number of fused-ring (bicyclic) bond motifs is 1. The maximum absolute atomic E-state index is 11.8. The molecule has 12 heteroatoms. The van der Waals surface area contributed by atoms with E-state index in [0.29, 0.717) is 22.0 Å². The Labute approximate surface area is 192 Å². The lowest BCUT2D eigenvalue weighted by Crippen LogP contribution is -2.21. The molecule has 34 heavy (non-hydrogen) atoms. The number of methoxy groups -OCH3 is 1. The van der Waals surface area contributed by atoms with Crippen LogP contribution < -0.4 is 10.2 Å². The van der Waals surface area contributed by atoms with Gasteiger partial charge in [0.25, 0.3) is 11.4 Å². The quantitative estimate of drug-likeness (QED) is 0.257. The summed E-state index contributed by atoms with van der Waals surface area (Å²) >= 11 is 0. The maximum Gasteiger partial charge on any atom is 0.289 e. The van der Waals surface area contributed by atoms with Gasteiger partial charge in [-0.3, -0.25) is 20.2 Å². The number of aryl methyl sites for hydroxylation is 1. The highest BCUT2D eigenvalue weighted by atomic mass is 16.6. The molecule has 0 aliphatic carbocycles. The number of hydrogen-bond acceptors (Lipinski definition) is 8. The van der Waals surface area contributed by atoms with E-state index in [9.17, 15) is 25.4 Å². The Balaban J connectivity index is 0.00000158. The van der Waals surface area contributed by atoms with Crippen molar-refractivity contribution in [3.8, 4) is 11.4 Å². The van der Waals surface area contributed by atoms with E-state index in [4.69, 9.17) is 9.84 Å². The fourth-order valence-corrected chi connectivity index (χ4v) is 3.34. The van der Waals surface area contributed by atoms with E-state index in [0.717, 1.165) is 24.8 Å². The van der Waals surface area contributed by atoms with Gasteiger partial charge in [-0.1, -0.05) is 17.7 Å². The number of ether oxygens (including phenoxy) is 1. The summed E-state index contributed by atoms with van der Waals surface area (Å²) in [4.78, 5) is 26.8. The van der Waals surface area contributed by atoms with Crippen LogP contribution >= 0.6 is 0 Å². The van der Waals surface area contributed by atoms with Gasteiger partial charge in [0.2, 0.25) is 0 Å². The van der Waals surface area contributed by atoms with Gasteiger partial charge in [-0.25, -0.2) is 9.67 Å². The lowest BCUT2D eigenvalue weighted by Gasteiger charge is -2.08. The number of aromatic nitrogens is 2. The fourth-order valence-electron chi connectivity index (χ4n) is 3.34. The highest BCUT2D eigenvalue weighted by molar-refractivity contribution is 5.90. The monoisotopic (exact) mass is 467 g/mol. The first-order valence-corrected chi connectivity index (χ1v) is 9.80. The van der Waals surface area contributed by atoms with Crippen LogP contribution in [0, 0.1) is 27.2 Å². The minimum absolute atomic E-state index is 0.0399. The summed E-state index contributed by atoms with van der Waals surface area (Å²) in [5.74, 6) is 0.564. The summed E-state index contributed by atoms with van der Waals surface area (Å²) in [6.07, 6.45) is 0. The normalized spacial score (nSPS) is 11.1. The van der Waals surface area contributed by atoms with Crippen molar-refractivity contribution >= 4 is 28.0 Å². The van der Waals surface area contributed by atoms with E-state index in [1.54, 1.807) is 36.4 Å². The largest absolute Gasteiger partial charge is 0.497 e. The van der Waals surface area contributed by atoms with Gasteiger partial charge in [0.15, 0.2) is 5.49 Å². The number of nitrogens with zero attached hydrogens (tertiary/aromatic N) is 5. The van der Waals surface area contributed by atoms with Crippen molar-refractivity contribution in [2.24, 2.45) is 4.99 Å². The molecule has 1 aromatic heterocycles. The molecule has 0 fully saturated rings. The summed E-state index contributed by atoms with van der Waals surface area (Å²) in [5, 5.41) is 41.0. The van der Waals surface area contributed by atoms with Gasteiger partial charge in [-0.05, 0) is 43.3 Å². The molecule has 0 atom stereocenters. The van der Waals surface area contributed by atoms with Crippen LogP contribution in [0.25, 0.3) is 16.6 Å². The number of nitro benzene ring substituents is 2. The van der Waals surface area contributed by atoms with E-state index in [1.165, 1.54) is 11.8 Å². The Hall–Kier alpha value is -4.71. The van der Waals surface area contributed by atoms with Crippen LogP contribution in [-0.2, 0) is 0 Å². The number of hydrogen-bond donors (Lipinski definition) is 2. The van der Waals surface area contributed by atoms with Gasteiger partial charge < -0.3 is 15.1 Å². The molecule has 176 valence electrons.